The number of aryl methyl sites for hydroxylation is 2. The van der Waals surface area contributed by atoms with Crippen LogP contribution < -0.4 is 5.32 Å². The van der Waals surface area contributed by atoms with Crippen LogP contribution in [0.15, 0.2) is 42.6 Å². The molecule has 0 spiro atoms. The molecule has 0 amide bonds. The molecule has 0 atom stereocenters. The van der Waals surface area contributed by atoms with Gasteiger partial charge in [-0.05, 0) is 74.3 Å². The van der Waals surface area contributed by atoms with Crippen LogP contribution in [0.2, 0.25) is 0 Å². The van der Waals surface area contributed by atoms with Crippen molar-refractivity contribution in [2.75, 3.05) is 19.0 Å². The highest BCUT2D eigenvalue weighted by Gasteiger charge is 2.33. The van der Waals surface area contributed by atoms with Crippen LogP contribution in [0.3, 0.4) is 0 Å². The molecule has 1 aromatic carbocycles. The first-order valence-corrected chi connectivity index (χ1v) is 12.4. The van der Waals surface area contributed by atoms with Gasteiger partial charge in [0.2, 0.25) is 0 Å². The summed E-state index contributed by atoms with van der Waals surface area (Å²) in [4.78, 5) is 4.79. The molecular weight excluding hydrogens is 407 g/mol. The number of hydrogen-bond donors (Lipinski definition) is 1. The Labute approximate surface area is 192 Å². The Balaban J connectivity index is 2.02. The lowest BCUT2D eigenvalue weighted by atomic mass is 9.91. The van der Waals surface area contributed by atoms with Crippen LogP contribution in [0.5, 0.6) is 0 Å². The van der Waals surface area contributed by atoms with E-state index in [2.05, 4.69) is 69.4 Å². The molecule has 1 heterocycles. The summed E-state index contributed by atoms with van der Waals surface area (Å²) in [7, 11) is 1.93. The van der Waals surface area contributed by atoms with E-state index in [4.69, 9.17) is 9.72 Å². The maximum atomic E-state index is 13.5. The van der Waals surface area contributed by atoms with Crippen molar-refractivity contribution in [2.45, 2.75) is 83.0 Å². The molecule has 0 aliphatic heterocycles. The summed E-state index contributed by atoms with van der Waals surface area (Å²) in [6, 6.07) is 12.8. The summed E-state index contributed by atoms with van der Waals surface area (Å²) in [6.07, 6.45) is 7.97. The molecule has 1 aromatic heterocycles. The molecule has 0 unspecified atom stereocenters. The van der Waals surface area contributed by atoms with E-state index < -0.39 is 5.60 Å². The minimum atomic E-state index is -0.407. The number of nitrogens with zero attached hydrogens (tertiary/aromatic N) is 1. The maximum absolute atomic E-state index is 13.5. The van der Waals surface area contributed by atoms with E-state index in [9.17, 15) is 3.89 Å². The standard InChI is InChI=1S/C26H39FN2OS/c1-6-25(7-2,31-27)18-19-30-26(8-3,9-4)24-17-14-22(20-29-24)11-10-21-12-15-23(28-5)16-13-21/h12-17,20,28H,6-11,18-19H2,1-5H3. The Morgan fingerprint density at radius 1 is 0.903 bits per heavy atom. The Bertz CT molecular complexity index is 748. The third kappa shape index (κ3) is 6.69. The maximum Gasteiger partial charge on any atom is 0.109 e. The second kappa shape index (κ2) is 12.4. The van der Waals surface area contributed by atoms with Crippen molar-refractivity contribution < 1.29 is 8.62 Å². The van der Waals surface area contributed by atoms with Gasteiger partial charge in [0.15, 0.2) is 0 Å². The zero-order valence-electron chi connectivity index (χ0n) is 19.8. The van der Waals surface area contributed by atoms with E-state index in [1.54, 1.807) is 0 Å². The molecule has 0 saturated heterocycles. The number of hydrogen-bond acceptors (Lipinski definition) is 4. The molecule has 2 aromatic rings. The van der Waals surface area contributed by atoms with Crippen molar-refractivity contribution in [1.29, 1.82) is 0 Å². The first-order valence-electron chi connectivity index (χ1n) is 11.7. The lowest BCUT2D eigenvalue weighted by molar-refractivity contribution is -0.0635. The normalized spacial score (nSPS) is 12.2. The van der Waals surface area contributed by atoms with E-state index in [0.29, 0.717) is 25.2 Å². The zero-order valence-corrected chi connectivity index (χ0v) is 20.7. The largest absolute Gasteiger partial charge is 0.388 e. The highest BCUT2D eigenvalue weighted by molar-refractivity contribution is 7.95. The summed E-state index contributed by atoms with van der Waals surface area (Å²) in [5.41, 5.74) is 4.25. The Hall–Kier alpha value is -1.59. The van der Waals surface area contributed by atoms with Crippen molar-refractivity contribution in [3.63, 3.8) is 0 Å². The molecule has 5 heteroatoms. The van der Waals surface area contributed by atoms with Gasteiger partial charge in [0.25, 0.3) is 0 Å². The number of nitrogens with one attached hydrogen (secondary N) is 1. The molecule has 3 nitrogen and oxygen atoms in total. The number of pyridine rings is 1. The van der Waals surface area contributed by atoms with Gasteiger partial charge in [0, 0.05) is 30.3 Å². The minimum Gasteiger partial charge on any atom is -0.388 e. The molecule has 0 aliphatic rings. The van der Waals surface area contributed by atoms with E-state index in [1.807, 2.05) is 13.2 Å². The third-order valence-electron chi connectivity index (χ3n) is 6.77. The summed E-state index contributed by atoms with van der Waals surface area (Å²) in [5.74, 6) is 0. The fourth-order valence-electron chi connectivity index (χ4n) is 4.04. The highest BCUT2D eigenvalue weighted by Crippen LogP contribution is 2.38. The SMILES string of the molecule is CCC(CC)(CCOC(CC)(CC)c1ccc(CCc2ccc(NC)cc2)cn1)SF. The summed E-state index contributed by atoms with van der Waals surface area (Å²) in [6.45, 7) is 8.94. The fourth-order valence-corrected chi connectivity index (χ4v) is 4.42. The van der Waals surface area contributed by atoms with E-state index in [1.165, 1.54) is 11.1 Å². The van der Waals surface area contributed by atoms with Crippen LogP contribution in [0.4, 0.5) is 9.57 Å². The summed E-state index contributed by atoms with van der Waals surface area (Å²) in [5, 5.41) is 3.15. The van der Waals surface area contributed by atoms with Gasteiger partial charge < -0.3 is 10.1 Å². The average Bonchev–Trinajstić information content (AvgIpc) is 2.84. The molecule has 2 rings (SSSR count). The van der Waals surface area contributed by atoms with Crippen LogP contribution in [-0.4, -0.2) is 23.4 Å². The first kappa shape index (κ1) is 25.7. The molecule has 0 aliphatic carbocycles. The topological polar surface area (TPSA) is 34.1 Å². The quantitative estimate of drug-likeness (QED) is 0.326. The van der Waals surface area contributed by atoms with Crippen LogP contribution in [0, 0.1) is 0 Å². The second-order valence-electron chi connectivity index (χ2n) is 8.27. The number of halogens is 1. The van der Waals surface area contributed by atoms with Crippen molar-refractivity contribution in [2.24, 2.45) is 0 Å². The van der Waals surface area contributed by atoms with Gasteiger partial charge in [-0.25, -0.2) is 0 Å². The van der Waals surface area contributed by atoms with Gasteiger partial charge in [-0.15, -0.1) is 0 Å². The monoisotopic (exact) mass is 446 g/mol. The van der Waals surface area contributed by atoms with Crippen molar-refractivity contribution in [3.05, 3.63) is 59.4 Å². The number of aromatic nitrogens is 1. The Kier molecular flexibility index (Phi) is 10.3. The lowest BCUT2D eigenvalue weighted by Gasteiger charge is -2.34. The molecular formula is C26H39FN2OS. The Morgan fingerprint density at radius 3 is 2.00 bits per heavy atom. The van der Waals surface area contributed by atoms with E-state index >= 15 is 0 Å². The summed E-state index contributed by atoms with van der Waals surface area (Å²) >= 11 is 0.487. The van der Waals surface area contributed by atoms with E-state index in [-0.39, 0.29) is 4.75 Å². The molecule has 0 radical (unpaired) electrons. The van der Waals surface area contributed by atoms with Crippen molar-refractivity contribution >= 4 is 17.8 Å². The predicted molar refractivity (Wildman–Crippen MR) is 132 cm³/mol. The second-order valence-corrected chi connectivity index (χ2v) is 9.29. The van der Waals surface area contributed by atoms with E-state index in [0.717, 1.165) is 49.9 Å². The lowest BCUT2D eigenvalue weighted by Crippen LogP contribution is -2.32. The van der Waals surface area contributed by atoms with Crippen molar-refractivity contribution in [1.82, 2.24) is 4.98 Å². The minimum absolute atomic E-state index is 0.337. The van der Waals surface area contributed by atoms with Gasteiger partial charge in [0.05, 0.1) is 17.8 Å². The van der Waals surface area contributed by atoms with Gasteiger partial charge in [-0.3, -0.25) is 4.98 Å². The first-order chi connectivity index (χ1) is 15.0. The number of rotatable bonds is 14. The summed E-state index contributed by atoms with van der Waals surface area (Å²) < 4.78 is 19.6. The molecule has 0 fully saturated rings. The van der Waals surface area contributed by atoms with Gasteiger partial charge in [0.1, 0.15) is 5.60 Å². The van der Waals surface area contributed by atoms with Crippen LogP contribution in [0.1, 0.15) is 76.6 Å². The molecule has 172 valence electrons. The van der Waals surface area contributed by atoms with Crippen LogP contribution >= 0.6 is 12.1 Å². The van der Waals surface area contributed by atoms with Crippen LogP contribution in [0.25, 0.3) is 0 Å². The zero-order chi connectivity index (χ0) is 22.7. The smallest absolute Gasteiger partial charge is 0.109 e. The highest BCUT2D eigenvalue weighted by atomic mass is 32.2. The Morgan fingerprint density at radius 2 is 1.52 bits per heavy atom. The fraction of sp³-hybridized carbons (Fsp3) is 0.577. The third-order valence-corrected chi connectivity index (χ3v) is 7.88. The van der Waals surface area contributed by atoms with Gasteiger partial charge in [-0.2, -0.15) is 3.89 Å². The molecule has 31 heavy (non-hydrogen) atoms. The van der Waals surface area contributed by atoms with Gasteiger partial charge in [-0.1, -0.05) is 45.9 Å². The molecule has 1 N–H and O–H groups in total. The number of ether oxygens (including phenoxy) is 1. The average molecular weight is 447 g/mol. The number of benzene rings is 1. The van der Waals surface area contributed by atoms with Crippen LogP contribution in [-0.2, 0) is 23.2 Å². The predicted octanol–water partition coefficient (Wildman–Crippen LogP) is 7.51. The molecule has 0 saturated carbocycles. The number of anilines is 1. The molecule has 0 bridgehead atoms. The van der Waals surface area contributed by atoms with Gasteiger partial charge >= 0.3 is 0 Å². The van der Waals surface area contributed by atoms with Crippen molar-refractivity contribution in [3.8, 4) is 0 Å².